The molecule has 2 N–H and O–H groups in total. The Morgan fingerprint density at radius 3 is 2.03 bits per heavy atom. The van der Waals surface area contributed by atoms with Crippen LogP contribution in [0.1, 0.15) is 26.3 Å². The summed E-state index contributed by atoms with van der Waals surface area (Å²) in [6.07, 6.45) is 0. The van der Waals surface area contributed by atoms with Crippen molar-refractivity contribution in [1.82, 2.24) is 0 Å². The predicted octanol–water partition coefficient (Wildman–Crippen LogP) is 4.52. The van der Waals surface area contributed by atoms with Crippen molar-refractivity contribution in [2.75, 3.05) is 24.9 Å². The molecule has 0 unspecified atom stereocenters. The third-order valence-electron chi connectivity index (χ3n) is 4.35. The summed E-state index contributed by atoms with van der Waals surface area (Å²) in [6, 6.07) is 19.1. The van der Waals surface area contributed by atoms with Crippen molar-refractivity contribution >= 4 is 23.2 Å². The lowest BCUT2D eigenvalue weighted by Gasteiger charge is -2.12. The number of methoxy groups -OCH3 is 2. The first-order valence-corrected chi connectivity index (χ1v) is 9.01. The zero-order valence-electron chi connectivity index (χ0n) is 16.5. The van der Waals surface area contributed by atoms with Gasteiger partial charge in [0.2, 0.25) is 0 Å². The van der Waals surface area contributed by atoms with E-state index in [-0.39, 0.29) is 11.8 Å². The summed E-state index contributed by atoms with van der Waals surface area (Å²) in [5, 5.41) is 5.63. The summed E-state index contributed by atoms with van der Waals surface area (Å²) in [4.78, 5) is 25.3. The molecule has 0 aliphatic heterocycles. The fraction of sp³-hybridized carbons (Fsp3) is 0.130. The zero-order valence-corrected chi connectivity index (χ0v) is 16.5. The van der Waals surface area contributed by atoms with Crippen LogP contribution in [0.25, 0.3) is 0 Å². The molecule has 0 aliphatic carbocycles. The van der Waals surface area contributed by atoms with Crippen molar-refractivity contribution in [2.24, 2.45) is 0 Å². The highest BCUT2D eigenvalue weighted by atomic mass is 16.5. The number of nitrogens with one attached hydrogen (secondary N) is 2. The SMILES string of the molecule is COc1ccc(OC)c(NC(=O)c2cccc(C(=O)Nc3ccc(C)cc3)c2)c1. The Labute approximate surface area is 169 Å². The Balaban J connectivity index is 1.77. The van der Waals surface area contributed by atoms with E-state index < -0.39 is 0 Å². The molecule has 3 aromatic carbocycles. The van der Waals surface area contributed by atoms with Gasteiger partial charge in [0.1, 0.15) is 11.5 Å². The largest absolute Gasteiger partial charge is 0.497 e. The summed E-state index contributed by atoms with van der Waals surface area (Å²) in [5.74, 6) is 0.448. The van der Waals surface area contributed by atoms with E-state index in [2.05, 4.69) is 10.6 Å². The van der Waals surface area contributed by atoms with Crippen LogP contribution in [-0.2, 0) is 0 Å². The van der Waals surface area contributed by atoms with E-state index in [1.54, 1.807) is 49.6 Å². The molecular formula is C23H22N2O4. The van der Waals surface area contributed by atoms with Crippen LogP contribution in [0.3, 0.4) is 0 Å². The maximum absolute atomic E-state index is 12.7. The molecule has 0 bridgehead atoms. The van der Waals surface area contributed by atoms with Gasteiger partial charge in [0.15, 0.2) is 0 Å². The van der Waals surface area contributed by atoms with E-state index >= 15 is 0 Å². The van der Waals surface area contributed by atoms with E-state index in [1.807, 2.05) is 31.2 Å². The minimum atomic E-state index is -0.360. The van der Waals surface area contributed by atoms with Gasteiger partial charge >= 0.3 is 0 Å². The maximum atomic E-state index is 12.7. The molecule has 3 rings (SSSR count). The van der Waals surface area contributed by atoms with Gasteiger partial charge in [0.05, 0.1) is 19.9 Å². The average Bonchev–Trinajstić information content (AvgIpc) is 2.75. The standard InChI is InChI=1S/C23H22N2O4/c1-15-7-9-18(10-8-15)24-22(26)16-5-4-6-17(13-16)23(27)25-20-14-19(28-2)11-12-21(20)29-3/h4-14H,1-3H3,(H,24,26)(H,25,27). The van der Waals surface area contributed by atoms with Crippen LogP contribution in [0.5, 0.6) is 11.5 Å². The fourth-order valence-electron chi connectivity index (χ4n) is 2.75. The van der Waals surface area contributed by atoms with Crippen molar-refractivity contribution in [3.63, 3.8) is 0 Å². The molecule has 0 heterocycles. The van der Waals surface area contributed by atoms with Crippen LogP contribution in [0.15, 0.2) is 66.7 Å². The Bertz CT molecular complexity index is 1030. The highest BCUT2D eigenvalue weighted by Crippen LogP contribution is 2.29. The van der Waals surface area contributed by atoms with Gasteiger partial charge in [-0.1, -0.05) is 23.8 Å². The first-order valence-electron chi connectivity index (χ1n) is 9.01. The third-order valence-corrected chi connectivity index (χ3v) is 4.35. The Morgan fingerprint density at radius 2 is 1.41 bits per heavy atom. The summed E-state index contributed by atoms with van der Waals surface area (Å²) < 4.78 is 10.5. The van der Waals surface area contributed by atoms with Gasteiger partial charge in [0, 0.05) is 22.9 Å². The number of aryl methyl sites for hydroxylation is 1. The molecule has 0 aromatic heterocycles. The number of benzene rings is 3. The first-order chi connectivity index (χ1) is 14.0. The number of rotatable bonds is 6. The van der Waals surface area contributed by atoms with Crippen LogP contribution in [0.4, 0.5) is 11.4 Å². The molecule has 29 heavy (non-hydrogen) atoms. The van der Waals surface area contributed by atoms with E-state index in [1.165, 1.54) is 7.11 Å². The minimum absolute atomic E-state index is 0.289. The molecule has 0 saturated carbocycles. The van der Waals surface area contributed by atoms with Crippen molar-refractivity contribution in [3.05, 3.63) is 83.4 Å². The molecule has 0 spiro atoms. The molecule has 0 atom stereocenters. The predicted molar refractivity (Wildman–Crippen MR) is 113 cm³/mol. The van der Waals surface area contributed by atoms with Crippen LogP contribution < -0.4 is 20.1 Å². The van der Waals surface area contributed by atoms with Gasteiger partial charge in [-0.25, -0.2) is 0 Å². The Hall–Kier alpha value is -3.80. The van der Waals surface area contributed by atoms with E-state index in [4.69, 9.17) is 9.47 Å². The number of hydrogen-bond acceptors (Lipinski definition) is 4. The van der Waals surface area contributed by atoms with E-state index in [0.29, 0.717) is 34.0 Å². The summed E-state index contributed by atoms with van der Waals surface area (Å²) in [6.45, 7) is 1.98. The van der Waals surface area contributed by atoms with Crippen LogP contribution in [0, 0.1) is 6.92 Å². The molecule has 3 aromatic rings. The molecule has 0 radical (unpaired) electrons. The number of carbonyl (C=O) groups is 2. The van der Waals surface area contributed by atoms with Gasteiger partial charge in [-0.05, 0) is 49.4 Å². The van der Waals surface area contributed by atoms with Gasteiger partial charge < -0.3 is 20.1 Å². The van der Waals surface area contributed by atoms with Crippen LogP contribution >= 0.6 is 0 Å². The monoisotopic (exact) mass is 390 g/mol. The average molecular weight is 390 g/mol. The quantitative estimate of drug-likeness (QED) is 0.649. The number of ether oxygens (including phenoxy) is 2. The summed E-state index contributed by atoms with van der Waals surface area (Å²) in [5.41, 5.74) is 3.01. The zero-order chi connectivity index (χ0) is 20.8. The second-order valence-electron chi connectivity index (χ2n) is 6.42. The summed E-state index contributed by atoms with van der Waals surface area (Å²) in [7, 11) is 3.07. The van der Waals surface area contributed by atoms with E-state index in [0.717, 1.165) is 5.56 Å². The second-order valence-corrected chi connectivity index (χ2v) is 6.42. The molecular weight excluding hydrogens is 368 g/mol. The smallest absolute Gasteiger partial charge is 0.255 e. The molecule has 0 saturated heterocycles. The highest BCUT2D eigenvalue weighted by molar-refractivity contribution is 6.09. The van der Waals surface area contributed by atoms with E-state index in [9.17, 15) is 9.59 Å². The van der Waals surface area contributed by atoms with Gasteiger partial charge in [-0.2, -0.15) is 0 Å². The lowest BCUT2D eigenvalue weighted by atomic mass is 10.1. The molecule has 148 valence electrons. The molecule has 6 heteroatoms. The number of anilines is 2. The second kappa shape index (κ2) is 8.93. The minimum Gasteiger partial charge on any atom is -0.497 e. The number of hydrogen-bond donors (Lipinski definition) is 2. The molecule has 2 amide bonds. The molecule has 6 nitrogen and oxygen atoms in total. The van der Waals surface area contributed by atoms with Gasteiger partial charge in [-0.15, -0.1) is 0 Å². The van der Waals surface area contributed by atoms with Crippen molar-refractivity contribution in [2.45, 2.75) is 6.92 Å². The van der Waals surface area contributed by atoms with Crippen molar-refractivity contribution in [3.8, 4) is 11.5 Å². The number of amides is 2. The first kappa shape index (κ1) is 19.9. The Kier molecular flexibility index (Phi) is 6.14. The van der Waals surface area contributed by atoms with Crippen molar-refractivity contribution < 1.29 is 19.1 Å². The lowest BCUT2D eigenvalue weighted by Crippen LogP contribution is -2.16. The highest BCUT2D eigenvalue weighted by Gasteiger charge is 2.14. The van der Waals surface area contributed by atoms with Crippen LogP contribution in [-0.4, -0.2) is 26.0 Å². The Morgan fingerprint density at radius 1 is 0.759 bits per heavy atom. The normalized spacial score (nSPS) is 10.2. The van der Waals surface area contributed by atoms with Gasteiger partial charge in [0.25, 0.3) is 11.8 Å². The lowest BCUT2D eigenvalue weighted by molar-refractivity contribution is 0.102. The number of carbonyl (C=O) groups excluding carboxylic acids is 2. The third kappa shape index (κ3) is 4.93. The van der Waals surface area contributed by atoms with Gasteiger partial charge in [-0.3, -0.25) is 9.59 Å². The maximum Gasteiger partial charge on any atom is 0.255 e. The topological polar surface area (TPSA) is 76.7 Å². The molecule has 0 aliphatic rings. The van der Waals surface area contributed by atoms with Crippen molar-refractivity contribution in [1.29, 1.82) is 0 Å². The summed E-state index contributed by atoms with van der Waals surface area (Å²) >= 11 is 0. The fourth-order valence-corrected chi connectivity index (χ4v) is 2.75. The van der Waals surface area contributed by atoms with Crippen LogP contribution in [0.2, 0.25) is 0 Å². The molecule has 0 fully saturated rings.